The Labute approximate surface area is 180 Å². The van der Waals surface area contributed by atoms with Crippen LogP contribution < -0.4 is 4.57 Å². The number of H-pyrrole nitrogens is 1. The number of aromatic nitrogens is 2. The van der Waals surface area contributed by atoms with Gasteiger partial charge in [-0.3, -0.25) is 0 Å². The number of benzene rings is 1. The maximum absolute atomic E-state index is 3.51. The van der Waals surface area contributed by atoms with E-state index in [4.69, 9.17) is 0 Å². The zero-order valence-electron chi connectivity index (χ0n) is 19.2. The molecule has 0 spiro atoms. The van der Waals surface area contributed by atoms with Crippen LogP contribution in [0.3, 0.4) is 0 Å². The standard InChI is InChI=1S/C27H44N2/c1-3-4-5-6-7-8-9-10-11-12-14-18-25(2)27-28-22-24-29(27)23-17-21-26-19-15-13-16-20-26/h13,15-16,19-20,22,24-25H,3-12,14,17-18,21,23H2,1-2H3/p+1/t25-/m0/s1. The molecule has 0 aliphatic rings. The quantitative estimate of drug-likeness (QED) is 0.208. The molecule has 1 aromatic heterocycles. The van der Waals surface area contributed by atoms with Crippen molar-refractivity contribution in [1.29, 1.82) is 0 Å². The third-order valence-electron chi connectivity index (χ3n) is 6.21. The molecule has 1 heterocycles. The minimum atomic E-state index is 0.625. The Morgan fingerprint density at radius 3 is 2.07 bits per heavy atom. The van der Waals surface area contributed by atoms with E-state index < -0.39 is 0 Å². The molecule has 1 N–H and O–H groups in total. The van der Waals surface area contributed by atoms with Crippen LogP contribution in [-0.4, -0.2) is 4.98 Å². The average Bonchev–Trinajstić information content (AvgIpc) is 3.21. The highest BCUT2D eigenvalue weighted by Crippen LogP contribution is 2.19. The minimum absolute atomic E-state index is 0.625. The molecule has 1 atom stereocenters. The van der Waals surface area contributed by atoms with E-state index in [0.29, 0.717) is 5.92 Å². The summed E-state index contributed by atoms with van der Waals surface area (Å²) < 4.78 is 2.44. The number of nitrogens with one attached hydrogen (secondary N) is 1. The first-order valence-electron chi connectivity index (χ1n) is 12.4. The van der Waals surface area contributed by atoms with E-state index in [2.05, 4.69) is 66.1 Å². The summed E-state index contributed by atoms with van der Waals surface area (Å²) in [7, 11) is 0. The maximum Gasteiger partial charge on any atom is 0.257 e. The number of hydrogen-bond acceptors (Lipinski definition) is 0. The van der Waals surface area contributed by atoms with Crippen molar-refractivity contribution >= 4 is 0 Å². The van der Waals surface area contributed by atoms with E-state index in [1.54, 1.807) is 0 Å². The van der Waals surface area contributed by atoms with Gasteiger partial charge in [-0.15, -0.1) is 0 Å². The smallest absolute Gasteiger partial charge is 0.247 e. The number of aromatic amines is 1. The van der Waals surface area contributed by atoms with Gasteiger partial charge in [0.15, 0.2) is 0 Å². The number of nitrogens with zero attached hydrogens (tertiary/aromatic N) is 1. The van der Waals surface area contributed by atoms with Gasteiger partial charge in [-0.2, -0.15) is 0 Å². The van der Waals surface area contributed by atoms with E-state index in [9.17, 15) is 0 Å². The van der Waals surface area contributed by atoms with Gasteiger partial charge in [-0.1, -0.05) is 115 Å². The van der Waals surface area contributed by atoms with Gasteiger partial charge in [-0.25, -0.2) is 9.55 Å². The summed E-state index contributed by atoms with van der Waals surface area (Å²) >= 11 is 0. The van der Waals surface area contributed by atoms with Gasteiger partial charge in [0.2, 0.25) is 0 Å². The molecule has 1 aromatic carbocycles. The van der Waals surface area contributed by atoms with Crippen LogP contribution >= 0.6 is 0 Å². The fourth-order valence-corrected chi connectivity index (χ4v) is 4.35. The summed E-state index contributed by atoms with van der Waals surface area (Å²) in [6, 6.07) is 10.8. The topological polar surface area (TPSA) is 19.7 Å². The van der Waals surface area contributed by atoms with Crippen molar-refractivity contribution in [2.45, 2.75) is 116 Å². The number of aryl methyl sites for hydroxylation is 2. The van der Waals surface area contributed by atoms with Crippen LogP contribution in [0.2, 0.25) is 0 Å². The lowest BCUT2D eigenvalue weighted by Gasteiger charge is -2.09. The second-order valence-electron chi connectivity index (χ2n) is 8.85. The molecule has 2 heteroatoms. The monoisotopic (exact) mass is 397 g/mol. The van der Waals surface area contributed by atoms with Crippen molar-refractivity contribution in [1.82, 2.24) is 4.98 Å². The van der Waals surface area contributed by atoms with E-state index in [0.717, 1.165) is 13.0 Å². The summed E-state index contributed by atoms with van der Waals surface area (Å²) in [5, 5.41) is 0. The van der Waals surface area contributed by atoms with E-state index in [1.807, 2.05) is 0 Å². The second kappa shape index (κ2) is 15.3. The van der Waals surface area contributed by atoms with Gasteiger partial charge in [0.25, 0.3) is 5.82 Å². The predicted octanol–water partition coefficient (Wildman–Crippen LogP) is 7.74. The third kappa shape index (κ3) is 10.1. The fraction of sp³-hybridized carbons (Fsp3) is 0.667. The Hall–Kier alpha value is -1.57. The van der Waals surface area contributed by atoms with Crippen LogP contribution in [0.4, 0.5) is 0 Å². The largest absolute Gasteiger partial charge is 0.257 e. The van der Waals surface area contributed by atoms with Crippen molar-refractivity contribution in [2.24, 2.45) is 0 Å². The van der Waals surface area contributed by atoms with Crippen molar-refractivity contribution in [3.63, 3.8) is 0 Å². The molecule has 162 valence electrons. The zero-order valence-corrected chi connectivity index (χ0v) is 19.2. The lowest BCUT2D eigenvalue weighted by molar-refractivity contribution is -0.704. The Morgan fingerprint density at radius 2 is 1.41 bits per heavy atom. The molecule has 2 rings (SSSR count). The van der Waals surface area contributed by atoms with Gasteiger partial charge in [0, 0.05) is 0 Å². The molecule has 0 unspecified atom stereocenters. The molecular formula is C27H45N2+. The number of rotatable bonds is 17. The van der Waals surface area contributed by atoms with E-state index in [1.165, 1.54) is 94.9 Å². The first-order valence-corrected chi connectivity index (χ1v) is 12.4. The summed E-state index contributed by atoms with van der Waals surface area (Å²) in [6.45, 7) is 5.79. The molecular weight excluding hydrogens is 352 g/mol. The molecule has 2 nitrogen and oxygen atoms in total. The van der Waals surface area contributed by atoms with Gasteiger partial charge in [0.1, 0.15) is 12.4 Å². The van der Waals surface area contributed by atoms with Crippen molar-refractivity contribution in [3.05, 3.63) is 54.1 Å². The Balaban J connectivity index is 1.53. The molecule has 0 radical (unpaired) electrons. The number of unbranched alkanes of at least 4 members (excludes halogenated alkanes) is 10. The van der Waals surface area contributed by atoms with Crippen LogP contribution in [0.5, 0.6) is 0 Å². The van der Waals surface area contributed by atoms with Gasteiger partial charge >= 0.3 is 0 Å². The predicted molar refractivity (Wildman–Crippen MR) is 125 cm³/mol. The summed E-state index contributed by atoms with van der Waals surface area (Å²) in [5.74, 6) is 2.03. The summed E-state index contributed by atoms with van der Waals surface area (Å²) in [5.41, 5.74) is 1.44. The van der Waals surface area contributed by atoms with Crippen molar-refractivity contribution < 1.29 is 4.57 Å². The molecule has 2 aromatic rings. The molecule has 0 fully saturated rings. The first-order chi connectivity index (χ1) is 14.3. The molecule has 0 amide bonds. The lowest BCUT2D eigenvalue weighted by Crippen LogP contribution is -2.37. The third-order valence-corrected chi connectivity index (χ3v) is 6.21. The summed E-state index contributed by atoms with van der Waals surface area (Å²) in [6.07, 6.45) is 23.6. The SMILES string of the molecule is CCCCCCCCCCCCC[C@H](C)c1[nH]cc[n+]1CCCc1ccccc1. The number of imidazole rings is 1. The molecule has 0 aliphatic heterocycles. The van der Waals surface area contributed by atoms with Crippen LogP contribution in [-0.2, 0) is 13.0 Å². The van der Waals surface area contributed by atoms with Crippen LogP contribution in [0, 0.1) is 0 Å². The Kier molecular flexibility index (Phi) is 12.5. The molecule has 29 heavy (non-hydrogen) atoms. The van der Waals surface area contributed by atoms with Crippen LogP contribution in [0.25, 0.3) is 0 Å². The molecule has 0 bridgehead atoms. The van der Waals surface area contributed by atoms with Crippen molar-refractivity contribution in [2.75, 3.05) is 0 Å². The average molecular weight is 398 g/mol. The van der Waals surface area contributed by atoms with Crippen LogP contribution in [0.15, 0.2) is 42.7 Å². The molecule has 0 saturated heterocycles. The lowest BCUT2D eigenvalue weighted by atomic mass is 10.0. The van der Waals surface area contributed by atoms with E-state index in [-0.39, 0.29) is 0 Å². The second-order valence-corrected chi connectivity index (χ2v) is 8.85. The van der Waals surface area contributed by atoms with Crippen LogP contribution in [0.1, 0.15) is 115 Å². The highest BCUT2D eigenvalue weighted by Gasteiger charge is 2.18. The molecule has 0 saturated carbocycles. The normalized spacial score (nSPS) is 12.3. The maximum atomic E-state index is 3.51. The molecule has 0 aliphatic carbocycles. The number of hydrogen-bond donors (Lipinski definition) is 1. The van der Waals surface area contributed by atoms with Crippen molar-refractivity contribution in [3.8, 4) is 0 Å². The first kappa shape index (κ1) is 23.7. The highest BCUT2D eigenvalue weighted by atomic mass is 15.1. The Bertz CT molecular complexity index is 616. The Morgan fingerprint density at radius 1 is 0.793 bits per heavy atom. The van der Waals surface area contributed by atoms with Gasteiger partial charge < -0.3 is 0 Å². The van der Waals surface area contributed by atoms with Gasteiger partial charge in [-0.05, 0) is 24.8 Å². The minimum Gasteiger partial charge on any atom is -0.247 e. The van der Waals surface area contributed by atoms with Gasteiger partial charge in [0.05, 0.1) is 12.5 Å². The summed E-state index contributed by atoms with van der Waals surface area (Å²) in [4.78, 5) is 3.51. The zero-order chi connectivity index (χ0) is 20.6. The van der Waals surface area contributed by atoms with E-state index >= 15 is 0 Å². The highest BCUT2D eigenvalue weighted by molar-refractivity contribution is 5.14. The fourth-order valence-electron chi connectivity index (χ4n) is 4.35.